The summed E-state index contributed by atoms with van der Waals surface area (Å²) in [5, 5.41) is 12.9. The van der Waals surface area contributed by atoms with Crippen LogP contribution in [0.15, 0.2) is 30.6 Å². The molecular formula is C14H16N2O3. The van der Waals surface area contributed by atoms with Crippen molar-refractivity contribution in [3.63, 3.8) is 0 Å². The second kappa shape index (κ2) is 5.56. The van der Waals surface area contributed by atoms with E-state index in [4.69, 9.17) is 9.84 Å². The smallest absolute Gasteiger partial charge is 0.338 e. The first-order chi connectivity index (χ1) is 9.13. The first-order valence-electron chi connectivity index (χ1n) is 6.05. The summed E-state index contributed by atoms with van der Waals surface area (Å²) in [6.07, 6.45) is 3.77. The lowest BCUT2D eigenvalue weighted by Crippen LogP contribution is -2.02. The Kier molecular flexibility index (Phi) is 3.85. The van der Waals surface area contributed by atoms with E-state index in [2.05, 4.69) is 18.1 Å². The summed E-state index contributed by atoms with van der Waals surface area (Å²) in [7, 11) is 1.65. The molecule has 0 amide bonds. The standard InChI is InChI=1S/C14H16N2O3/c1-3-11-6-10(4-5-13(11)19-2)8-16-9-12(7-15-16)14(17)18/h4-7,9H,3,8H2,1-2H3,(H,17,18). The van der Waals surface area contributed by atoms with Gasteiger partial charge in [0, 0.05) is 6.20 Å². The van der Waals surface area contributed by atoms with Gasteiger partial charge < -0.3 is 9.84 Å². The van der Waals surface area contributed by atoms with Gasteiger partial charge in [0.15, 0.2) is 0 Å². The molecule has 0 atom stereocenters. The van der Waals surface area contributed by atoms with E-state index in [-0.39, 0.29) is 5.56 Å². The molecule has 0 radical (unpaired) electrons. The van der Waals surface area contributed by atoms with Gasteiger partial charge in [-0.2, -0.15) is 5.10 Å². The molecular weight excluding hydrogens is 244 g/mol. The van der Waals surface area contributed by atoms with Gasteiger partial charge in [-0.15, -0.1) is 0 Å². The lowest BCUT2D eigenvalue weighted by atomic mass is 10.1. The molecule has 1 heterocycles. The third-order valence-electron chi connectivity index (χ3n) is 2.95. The molecule has 2 rings (SSSR count). The van der Waals surface area contributed by atoms with E-state index in [0.29, 0.717) is 6.54 Å². The van der Waals surface area contributed by atoms with Gasteiger partial charge in [-0.05, 0) is 23.6 Å². The third-order valence-corrected chi connectivity index (χ3v) is 2.95. The Labute approximate surface area is 111 Å². The number of ether oxygens (including phenoxy) is 1. The molecule has 0 fully saturated rings. The van der Waals surface area contributed by atoms with Crippen LogP contribution in [0.25, 0.3) is 0 Å². The van der Waals surface area contributed by atoms with Crippen LogP contribution in [0, 0.1) is 0 Å². The number of rotatable bonds is 5. The second-order valence-corrected chi connectivity index (χ2v) is 4.23. The monoisotopic (exact) mass is 260 g/mol. The summed E-state index contributed by atoms with van der Waals surface area (Å²) < 4.78 is 6.89. The first kappa shape index (κ1) is 13.1. The maximum absolute atomic E-state index is 10.8. The molecule has 0 aliphatic rings. The molecule has 0 saturated heterocycles. The van der Waals surface area contributed by atoms with E-state index >= 15 is 0 Å². The molecule has 5 heteroatoms. The van der Waals surface area contributed by atoms with Crippen molar-refractivity contribution < 1.29 is 14.6 Å². The van der Waals surface area contributed by atoms with Crippen molar-refractivity contribution in [2.45, 2.75) is 19.9 Å². The van der Waals surface area contributed by atoms with Crippen molar-refractivity contribution in [3.05, 3.63) is 47.3 Å². The number of nitrogens with zero attached hydrogens (tertiary/aromatic N) is 2. The molecule has 2 aromatic rings. The van der Waals surface area contributed by atoms with Crippen LogP contribution in [-0.2, 0) is 13.0 Å². The lowest BCUT2D eigenvalue weighted by molar-refractivity contribution is 0.0697. The number of carbonyl (C=O) groups is 1. The quantitative estimate of drug-likeness (QED) is 0.895. The normalized spacial score (nSPS) is 10.4. The van der Waals surface area contributed by atoms with E-state index in [9.17, 15) is 4.79 Å². The Morgan fingerprint density at radius 1 is 1.47 bits per heavy atom. The number of aryl methyl sites for hydroxylation is 1. The predicted molar refractivity (Wildman–Crippen MR) is 70.7 cm³/mol. The molecule has 5 nitrogen and oxygen atoms in total. The van der Waals surface area contributed by atoms with Crippen LogP contribution in [0.1, 0.15) is 28.4 Å². The zero-order valence-electron chi connectivity index (χ0n) is 11.0. The SMILES string of the molecule is CCc1cc(Cn2cc(C(=O)O)cn2)ccc1OC. The topological polar surface area (TPSA) is 64.4 Å². The van der Waals surface area contributed by atoms with Crippen LogP contribution in [-0.4, -0.2) is 28.0 Å². The van der Waals surface area contributed by atoms with Crippen LogP contribution in [0.5, 0.6) is 5.75 Å². The molecule has 100 valence electrons. The average Bonchev–Trinajstić information content (AvgIpc) is 2.87. The van der Waals surface area contributed by atoms with Gasteiger partial charge in [-0.3, -0.25) is 4.68 Å². The maximum atomic E-state index is 10.8. The zero-order valence-corrected chi connectivity index (χ0v) is 11.0. The fourth-order valence-corrected chi connectivity index (χ4v) is 1.95. The summed E-state index contributed by atoms with van der Waals surface area (Å²) in [6.45, 7) is 2.61. The van der Waals surface area contributed by atoms with Gasteiger partial charge in [0.05, 0.1) is 25.4 Å². The number of hydrogen-bond donors (Lipinski definition) is 1. The zero-order chi connectivity index (χ0) is 13.8. The molecule has 0 unspecified atom stereocenters. The van der Waals surface area contributed by atoms with E-state index in [1.165, 1.54) is 12.4 Å². The predicted octanol–water partition coefficient (Wildman–Crippen LogP) is 2.20. The van der Waals surface area contributed by atoms with E-state index in [1.54, 1.807) is 11.8 Å². The highest BCUT2D eigenvalue weighted by Gasteiger charge is 2.07. The minimum absolute atomic E-state index is 0.198. The Balaban J connectivity index is 2.20. The molecule has 0 spiro atoms. The number of carboxylic acid groups (broad SMARTS) is 1. The number of aromatic nitrogens is 2. The van der Waals surface area contributed by atoms with Gasteiger partial charge in [-0.25, -0.2) is 4.79 Å². The van der Waals surface area contributed by atoms with Crippen molar-refractivity contribution in [2.75, 3.05) is 7.11 Å². The van der Waals surface area contributed by atoms with Crippen LogP contribution < -0.4 is 4.74 Å². The molecule has 1 aromatic heterocycles. The first-order valence-corrected chi connectivity index (χ1v) is 6.05. The highest BCUT2D eigenvalue weighted by Crippen LogP contribution is 2.20. The summed E-state index contributed by atoms with van der Waals surface area (Å²) in [5.41, 5.74) is 2.40. The fourth-order valence-electron chi connectivity index (χ4n) is 1.95. The van der Waals surface area contributed by atoms with Gasteiger partial charge >= 0.3 is 5.97 Å². The number of carboxylic acids is 1. The highest BCUT2D eigenvalue weighted by atomic mass is 16.5. The van der Waals surface area contributed by atoms with Gasteiger partial charge in [0.25, 0.3) is 0 Å². The summed E-state index contributed by atoms with van der Waals surface area (Å²) in [6, 6.07) is 5.94. The Morgan fingerprint density at radius 2 is 2.26 bits per heavy atom. The second-order valence-electron chi connectivity index (χ2n) is 4.23. The summed E-state index contributed by atoms with van der Waals surface area (Å²) in [5.74, 6) is -0.0897. The number of hydrogen-bond acceptors (Lipinski definition) is 3. The lowest BCUT2D eigenvalue weighted by Gasteiger charge is -2.09. The molecule has 1 aromatic carbocycles. The van der Waals surface area contributed by atoms with Crippen LogP contribution >= 0.6 is 0 Å². The van der Waals surface area contributed by atoms with Crippen molar-refractivity contribution >= 4 is 5.97 Å². The summed E-state index contributed by atoms with van der Waals surface area (Å²) >= 11 is 0. The molecule has 0 bridgehead atoms. The molecule has 0 saturated carbocycles. The van der Waals surface area contributed by atoms with E-state index in [1.807, 2.05) is 12.1 Å². The summed E-state index contributed by atoms with van der Waals surface area (Å²) in [4.78, 5) is 10.8. The van der Waals surface area contributed by atoms with Crippen molar-refractivity contribution in [2.24, 2.45) is 0 Å². The van der Waals surface area contributed by atoms with Gasteiger partial charge in [0.1, 0.15) is 5.75 Å². The van der Waals surface area contributed by atoms with Crippen molar-refractivity contribution in [1.82, 2.24) is 9.78 Å². The van der Waals surface area contributed by atoms with Gasteiger partial charge in [0.2, 0.25) is 0 Å². The Bertz CT molecular complexity index is 590. The number of benzene rings is 1. The van der Waals surface area contributed by atoms with Crippen LogP contribution in [0.3, 0.4) is 0 Å². The van der Waals surface area contributed by atoms with Crippen molar-refractivity contribution in [1.29, 1.82) is 0 Å². The van der Waals surface area contributed by atoms with E-state index in [0.717, 1.165) is 23.3 Å². The minimum atomic E-state index is -0.963. The number of aromatic carboxylic acids is 1. The minimum Gasteiger partial charge on any atom is -0.496 e. The van der Waals surface area contributed by atoms with Crippen LogP contribution in [0.4, 0.5) is 0 Å². The molecule has 19 heavy (non-hydrogen) atoms. The highest BCUT2D eigenvalue weighted by molar-refractivity contribution is 5.86. The Hall–Kier alpha value is -2.30. The van der Waals surface area contributed by atoms with E-state index < -0.39 is 5.97 Å². The fraction of sp³-hybridized carbons (Fsp3) is 0.286. The largest absolute Gasteiger partial charge is 0.496 e. The number of methoxy groups -OCH3 is 1. The molecule has 0 aliphatic carbocycles. The third kappa shape index (κ3) is 2.93. The average molecular weight is 260 g/mol. The Morgan fingerprint density at radius 3 is 2.84 bits per heavy atom. The van der Waals surface area contributed by atoms with Gasteiger partial charge in [-0.1, -0.05) is 19.1 Å². The van der Waals surface area contributed by atoms with Crippen molar-refractivity contribution in [3.8, 4) is 5.75 Å². The van der Waals surface area contributed by atoms with Crippen LogP contribution in [0.2, 0.25) is 0 Å². The molecule has 1 N–H and O–H groups in total. The molecule has 0 aliphatic heterocycles. The maximum Gasteiger partial charge on any atom is 0.338 e.